The molecule has 0 fully saturated rings. The van der Waals surface area contributed by atoms with Gasteiger partial charge in [0.1, 0.15) is 0 Å². The van der Waals surface area contributed by atoms with E-state index in [1.807, 2.05) is 19.1 Å². The zero-order valence-electron chi connectivity index (χ0n) is 7.60. The number of amides is 1. The molecule has 0 spiro atoms. The fourth-order valence-corrected chi connectivity index (χ4v) is 1.67. The summed E-state index contributed by atoms with van der Waals surface area (Å²) in [5.41, 5.74) is 2.39. The minimum Gasteiger partial charge on any atom is -0.357 e. The monoisotopic (exact) mass is 252 g/mol. The summed E-state index contributed by atoms with van der Waals surface area (Å²) < 4.78 is 0.896. The zero-order valence-corrected chi connectivity index (χ0v) is 9.18. The van der Waals surface area contributed by atoms with Crippen molar-refractivity contribution in [3.8, 4) is 0 Å². The van der Waals surface area contributed by atoms with Gasteiger partial charge in [0.05, 0.1) is 11.3 Å². The van der Waals surface area contributed by atoms with Crippen LogP contribution in [0.25, 0.3) is 0 Å². The van der Waals surface area contributed by atoms with Crippen LogP contribution in [0.3, 0.4) is 0 Å². The molecule has 14 heavy (non-hydrogen) atoms. The Balaban J connectivity index is 2.53. The normalized spacial score (nSPS) is 14.7. The molecule has 1 aromatic rings. The summed E-state index contributed by atoms with van der Waals surface area (Å²) in [6.45, 7) is 1.90. The van der Waals surface area contributed by atoms with Crippen LogP contribution in [0.1, 0.15) is 17.3 Å². The first-order valence-electron chi connectivity index (χ1n) is 4.21. The lowest BCUT2D eigenvalue weighted by molar-refractivity contribution is 0.0971. The SMILES string of the molecule is CC1=CNC(=O)c2cc(Br)ccc2N1. The van der Waals surface area contributed by atoms with Crippen molar-refractivity contribution < 1.29 is 4.79 Å². The van der Waals surface area contributed by atoms with Gasteiger partial charge in [-0.25, -0.2) is 0 Å². The van der Waals surface area contributed by atoms with Crippen molar-refractivity contribution in [2.75, 3.05) is 5.32 Å². The Morgan fingerprint density at radius 2 is 2.14 bits per heavy atom. The van der Waals surface area contributed by atoms with Gasteiger partial charge in [0, 0.05) is 16.4 Å². The van der Waals surface area contributed by atoms with E-state index >= 15 is 0 Å². The molecule has 1 aliphatic rings. The highest BCUT2D eigenvalue weighted by molar-refractivity contribution is 9.10. The maximum atomic E-state index is 11.6. The molecule has 0 radical (unpaired) electrons. The minimum absolute atomic E-state index is 0.0920. The third kappa shape index (κ3) is 1.65. The van der Waals surface area contributed by atoms with Crippen molar-refractivity contribution in [1.29, 1.82) is 0 Å². The van der Waals surface area contributed by atoms with Gasteiger partial charge in [-0.3, -0.25) is 4.79 Å². The van der Waals surface area contributed by atoms with Crippen molar-refractivity contribution in [3.05, 3.63) is 40.1 Å². The minimum atomic E-state index is -0.0920. The molecule has 4 heteroatoms. The quantitative estimate of drug-likeness (QED) is 0.745. The number of allylic oxidation sites excluding steroid dienone is 1. The maximum absolute atomic E-state index is 11.6. The van der Waals surface area contributed by atoms with Crippen molar-refractivity contribution in [3.63, 3.8) is 0 Å². The number of hydrogen-bond donors (Lipinski definition) is 2. The van der Waals surface area contributed by atoms with Crippen LogP contribution in [0.4, 0.5) is 5.69 Å². The standard InChI is InChI=1S/C10H9BrN2O/c1-6-5-12-10(14)8-4-7(11)2-3-9(8)13-6/h2-5,13H,1H3,(H,12,14). The molecular weight excluding hydrogens is 244 g/mol. The molecule has 0 saturated carbocycles. The lowest BCUT2D eigenvalue weighted by Gasteiger charge is -2.07. The number of halogens is 1. The van der Waals surface area contributed by atoms with Gasteiger partial charge in [-0.15, -0.1) is 0 Å². The van der Waals surface area contributed by atoms with Gasteiger partial charge < -0.3 is 10.6 Å². The Bertz CT molecular complexity index is 426. The second-order valence-electron chi connectivity index (χ2n) is 3.12. The average molecular weight is 253 g/mol. The van der Waals surface area contributed by atoms with Gasteiger partial charge in [-0.05, 0) is 25.1 Å². The Morgan fingerprint density at radius 3 is 2.93 bits per heavy atom. The molecule has 2 rings (SSSR count). The first-order valence-corrected chi connectivity index (χ1v) is 5.00. The Morgan fingerprint density at radius 1 is 1.36 bits per heavy atom. The molecule has 0 bridgehead atoms. The molecule has 0 atom stereocenters. The van der Waals surface area contributed by atoms with Crippen LogP contribution in [0.2, 0.25) is 0 Å². The van der Waals surface area contributed by atoms with Crippen LogP contribution in [-0.4, -0.2) is 5.91 Å². The summed E-state index contributed by atoms with van der Waals surface area (Å²) in [5.74, 6) is -0.0920. The molecule has 3 nitrogen and oxygen atoms in total. The summed E-state index contributed by atoms with van der Waals surface area (Å²) in [4.78, 5) is 11.6. The summed E-state index contributed by atoms with van der Waals surface area (Å²) in [7, 11) is 0. The zero-order chi connectivity index (χ0) is 10.1. The average Bonchev–Trinajstić information content (AvgIpc) is 2.29. The Hall–Kier alpha value is -1.29. The molecule has 0 unspecified atom stereocenters. The van der Waals surface area contributed by atoms with Crippen LogP contribution < -0.4 is 10.6 Å². The Kier molecular flexibility index (Phi) is 2.29. The van der Waals surface area contributed by atoms with Gasteiger partial charge in [0.15, 0.2) is 0 Å². The van der Waals surface area contributed by atoms with E-state index in [-0.39, 0.29) is 5.91 Å². The van der Waals surface area contributed by atoms with E-state index in [9.17, 15) is 4.79 Å². The number of carbonyl (C=O) groups is 1. The summed E-state index contributed by atoms with van der Waals surface area (Å²) in [6, 6.07) is 5.57. The lowest BCUT2D eigenvalue weighted by atomic mass is 10.1. The van der Waals surface area contributed by atoms with Gasteiger partial charge in [0.25, 0.3) is 5.91 Å². The molecule has 1 aromatic carbocycles. The number of anilines is 1. The van der Waals surface area contributed by atoms with Gasteiger partial charge in [0.2, 0.25) is 0 Å². The summed E-state index contributed by atoms with van der Waals surface area (Å²) >= 11 is 3.33. The largest absolute Gasteiger partial charge is 0.357 e. The van der Waals surface area contributed by atoms with E-state index in [4.69, 9.17) is 0 Å². The van der Waals surface area contributed by atoms with Crippen molar-refractivity contribution in [2.24, 2.45) is 0 Å². The number of fused-ring (bicyclic) bond motifs is 1. The van der Waals surface area contributed by atoms with E-state index < -0.39 is 0 Å². The van der Waals surface area contributed by atoms with E-state index in [0.29, 0.717) is 5.56 Å². The van der Waals surface area contributed by atoms with Gasteiger partial charge >= 0.3 is 0 Å². The predicted molar refractivity (Wildman–Crippen MR) is 59.0 cm³/mol. The van der Waals surface area contributed by atoms with Crippen LogP contribution in [0.15, 0.2) is 34.6 Å². The maximum Gasteiger partial charge on any atom is 0.257 e. The second kappa shape index (κ2) is 3.46. The number of nitrogens with one attached hydrogen (secondary N) is 2. The number of rotatable bonds is 0. The van der Waals surface area contributed by atoms with E-state index in [1.54, 1.807) is 12.3 Å². The Labute approximate surface area is 90.3 Å². The van der Waals surface area contributed by atoms with Crippen LogP contribution >= 0.6 is 15.9 Å². The smallest absolute Gasteiger partial charge is 0.257 e. The molecule has 2 N–H and O–H groups in total. The highest BCUT2D eigenvalue weighted by Gasteiger charge is 2.13. The van der Waals surface area contributed by atoms with Gasteiger partial charge in [-0.1, -0.05) is 15.9 Å². The molecule has 72 valence electrons. The fraction of sp³-hybridized carbons (Fsp3) is 0.100. The summed E-state index contributed by atoms with van der Waals surface area (Å²) in [6.07, 6.45) is 1.66. The molecular formula is C10H9BrN2O. The fourth-order valence-electron chi connectivity index (χ4n) is 1.31. The lowest BCUT2D eigenvalue weighted by Crippen LogP contribution is -2.16. The topological polar surface area (TPSA) is 41.1 Å². The molecule has 1 aliphatic heterocycles. The van der Waals surface area contributed by atoms with Crippen molar-refractivity contribution in [1.82, 2.24) is 5.32 Å². The van der Waals surface area contributed by atoms with Crippen molar-refractivity contribution >= 4 is 27.5 Å². The van der Waals surface area contributed by atoms with E-state index in [0.717, 1.165) is 15.9 Å². The number of hydrogen-bond acceptors (Lipinski definition) is 2. The first kappa shape index (κ1) is 9.27. The number of carbonyl (C=O) groups excluding carboxylic acids is 1. The molecule has 0 saturated heterocycles. The molecule has 0 aliphatic carbocycles. The van der Waals surface area contributed by atoms with Crippen LogP contribution in [-0.2, 0) is 0 Å². The van der Waals surface area contributed by atoms with Crippen LogP contribution in [0.5, 0.6) is 0 Å². The highest BCUT2D eigenvalue weighted by atomic mass is 79.9. The van der Waals surface area contributed by atoms with E-state index in [2.05, 4.69) is 26.6 Å². The number of benzene rings is 1. The third-order valence-electron chi connectivity index (χ3n) is 1.98. The van der Waals surface area contributed by atoms with Gasteiger partial charge in [-0.2, -0.15) is 0 Å². The molecule has 0 aromatic heterocycles. The first-order chi connectivity index (χ1) is 6.66. The molecule has 1 amide bonds. The van der Waals surface area contributed by atoms with Crippen LogP contribution in [0, 0.1) is 0 Å². The van der Waals surface area contributed by atoms with Crippen molar-refractivity contribution in [2.45, 2.75) is 6.92 Å². The van der Waals surface area contributed by atoms with E-state index in [1.165, 1.54) is 0 Å². The predicted octanol–water partition coefficient (Wildman–Crippen LogP) is 2.47. The second-order valence-corrected chi connectivity index (χ2v) is 4.03. The third-order valence-corrected chi connectivity index (χ3v) is 2.47. The molecule has 1 heterocycles. The highest BCUT2D eigenvalue weighted by Crippen LogP contribution is 2.23. The summed E-state index contributed by atoms with van der Waals surface area (Å²) in [5, 5.41) is 5.83.